The first kappa shape index (κ1) is 13.2. The van der Waals surface area contributed by atoms with E-state index < -0.39 is 5.60 Å². The fourth-order valence-electron chi connectivity index (χ4n) is 1.13. The van der Waals surface area contributed by atoms with Gasteiger partial charge in [-0.3, -0.25) is 0 Å². The van der Waals surface area contributed by atoms with Crippen LogP contribution in [0.15, 0.2) is 0 Å². The van der Waals surface area contributed by atoms with Crippen molar-refractivity contribution in [2.24, 2.45) is 5.73 Å². The molecule has 84 valence electrons. The van der Waals surface area contributed by atoms with Gasteiger partial charge in [-0.05, 0) is 41.0 Å². The number of carbonyl (C=O) groups is 1. The van der Waals surface area contributed by atoms with Gasteiger partial charge in [-0.25, -0.2) is 4.79 Å². The lowest BCUT2D eigenvalue weighted by Gasteiger charge is -2.22. The Morgan fingerprint density at radius 1 is 1.43 bits per heavy atom. The number of nitrogens with one attached hydrogen (secondary N) is 1. The van der Waals surface area contributed by atoms with E-state index in [1.807, 2.05) is 34.6 Å². The highest BCUT2D eigenvalue weighted by atomic mass is 16.6. The van der Waals surface area contributed by atoms with Crippen molar-refractivity contribution in [1.82, 2.24) is 5.32 Å². The van der Waals surface area contributed by atoms with Gasteiger partial charge in [-0.1, -0.05) is 0 Å². The summed E-state index contributed by atoms with van der Waals surface area (Å²) in [6, 6.07) is 0.129. The molecular formula is C10H22N2O2. The van der Waals surface area contributed by atoms with E-state index in [2.05, 4.69) is 5.32 Å². The lowest BCUT2D eigenvalue weighted by atomic mass is 10.1. The topological polar surface area (TPSA) is 64.3 Å². The third kappa shape index (κ3) is 7.86. The summed E-state index contributed by atoms with van der Waals surface area (Å²) in [5.74, 6) is 0. The molecule has 1 amide bonds. The van der Waals surface area contributed by atoms with Gasteiger partial charge in [0.25, 0.3) is 0 Å². The molecule has 4 nitrogen and oxygen atoms in total. The highest BCUT2D eigenvalue weighted by molar-refractivity contribution is 5.67. The summed E-state index contributed by atoms with van der Waals surface area (Å²) in [6.07, 6.45) is 0.366. The molecule has 0 aromatic heterocycles. The maximum atomic E-state index is 11.3. The maximum absolute atomic E-state index is 11.3. The van der Waals surface area contributed by atoms with Crippen LogP contribution < -0.4 is 11.1 Å². The molecule has 0 aliphatic heterocycles. The van der Waals surface area contributed by atoms with E-state index in [0.717, 1.165) is 6.42 Å². The van der Waals surface area contributed by atoms with Crippen LogP contribution in [0.2, 0.25) is 0 Å². The quantitative estimate of drug-likeness (QED) is 0.731. The van der Waals surface area contributed by atoms with Crippen molar-refractivity contribution in [3.8, 4) is 0 Å². The molecule has 0 spiro atoms. The first-order chi connectivity index (χ1) is 6.20. The molecule has 4 heteroatoms. The van der Waals surface area contributed by atoms with Crippen molar-refractivity contribution >= 4 is 6.09 Å². The standard InChI is InChI=1S/C10H22N2O2/c1-7(11)6-8(2)12-9(13)14-10(3,4)5/h7-8H,6,11H2,1-5H3,(H,12,13)/t7-,8+/m1/s1. The first-order valence-electron chi connectivity index (χ1n) is 4.96. The van der Waals surface area contributed by atoms with Gasteiger partial charge >= 0.3 is 6.09 Å². The van der Waals surface area contributed by atoms with Crippen LogP contribution in [0.5, 0.6) is 0 Å². The number of carbonyl (C=O) groups excluding carboxylic acids is 1. The number of hydrogen-bond donors (Lipinski definition) is 2. The van der Waals surface area contributed by atoms with E-state index >= 15 is 0 Å². The van der Waals surface area contributed by atoms with Gasteiger partial charge in [0, 0.05) is 12.1 Å². The van der Waals surface area contributed by atoms with Crippen molar-refractivity contribution in [1.29, 1.82) is 0 Å². The third-order valence-corrected chi connectivity index (χ3v) is 1.49. The second kappa shape index (κ2) is 5.20. The summed E-state index contributed by atoms with van der Waals surface area (Å²) in [6.45, 7) is 9.33. The van der Waals surface area contributed by atoms with Gasteiger partial charge in [0.05, 0.1) is 0 Å². The average Bonchev–Trinajstić information content (AvgIpc) is 1.77. The molecule has 0 heterocycles. The Bertz CT molecular complexity index is 185. The summed E-state index contributed by atoms with van der Waals surface area (Å²) in [4.78, 5) is 11.3. The molecule has 0 aliphatic rings. The zero-order chi connectivity index (χ0) is 11.4. The predicted octanol–water partition coefficient (Wildman–Crippen LogP) is 1.64. The zero-order valence-corrected chi connectivity index (χ0v) is 9.76. The van der Waals surface area contributed by atoms with Crippen LogP contribution in [0.25, 0.3) is 0 Å². The van der Waals surface area contributed by atoms with Crippen LogP contribution in [-0.4, -0.2) is 23.8 Å². The largest absolute Gasteiger partial charge is 0.444 e. The summed E-state index contributed by atoms with van der Waals surface area (Å²) in [5, 5.41) is 2.73. The minimum atomic E-state index is -0.446. The van der Waals surface area contributed by atoms with E-state index in [4.69, 9.17) is 10.5 Å². The summed E-state index contributed by atoms with van der Waals surface area (Å²) in [5.41, 5.74) is 5.16. The third-order valence-electron chi connectivity index (χ3n) is 1.49. The minimum Gasteiger partial charge on any atom is -0.444 e. The second-order valence-corrected chi connectivity index (χ2v) is 4.76. The van der Waals surface area contributed by atoms with Gasteiger partial charge in [-0.2, -0.15) is 0 Å². The molecule has 0 fully saturated rings. The van der Waals surface area contributed by atoms with Gasteiger partial charge in [0.15, 0.2) is 0 Å². The van der Waals surface area contributed by atoms with Gasteiger partial charge < -0.3 is 15.8 Å². The highest BCUT2D eigenvalue weighted by Crippen LogP contribution is 2.07. The Morgan fingerprint density at radius 3 is 2.29 bits per heavy atom. The van der Waals surface area contributed by atoms with Crippen LogP contribution in [0.1, 0.15) is 41.0 Å². The molecule has 0 aliphatic carbocycles. The first-order valence-corrected chi connectivity index (χ1v) is 4.96. The minimum absolute atomic E-state index is 0.0462. The molecule has 0 unspecified atom stereocenters. The fourth-order valence-corrected chi connectivity index (χ4v) is 1.13. The Morgan fingerprint density at radius 2 is 1.93 bits per heavy atom. The zero-order valence-electron chi connectivity index (χ0n) is 9.76. The number of nitrogens with two attached hydrogens (primary N) is 1. The van der Waals surface area contributed by atoms with E-state index in [9.17, 15) is 4.79 Å². The average molecular weight is 202 g/mol. The van der Waals surface area contributed by atoms with E-state index in [1.165, 1.54) is 0 Å². The van der Waals surface area contributed by atoms with Crippen molar-refractivity contribution in [3.63, 3.8) is 0 Å². The van der Waals surface area contributed by atoms with Crippen LogP contribution in [-0.2, 0) is 4.74 Å². The lowest BCUT2D eigenvalue weighted by molar-refractivity contribution is 0.0505. The summed E-state index contributed by atoms with van der Waals surface area (Å²) < 4.78 is 5.10. The number of ether oxygens (including phenoxy) is 1. The van der Waals surface area contributed by atoms with Gasteiger partial charge in [0.2, 0.25) is 0 Å². The van der Waals surface area contributed by atoms with Crippen molar-refractivity contribution in [2.75, 3.05) is 0 Å². The molecule has 0 radical (unpaired) electrons. The predicted molar refractivity (Wildman–Crippen MR) is 57.1 cm³/mol. The number of rotatable bonds is 3. The molecule has 0 aromatic carbocycles. The smallest absolute Gasteiger partial charge is 0.407 e. The SMILES string of the molecule is C[C@@H](N)C[C@H](C)NC(=O)OC(C)(C)C. The Balaban J connectivity index is 3.83. The maximum Gasteiger partial charge on any atom is 0.407 e. The monoisotopic (exact) mass is 202 g/mol. The molecular weight excluding hydrogens is 180 g/mol. The van der Waals surface area contributed by atoms with Crippen molar-refractivity contribution < 1.29 is 9.53 Å². The molecule has 0 aromatic rings. The fraction of sp³-hybridized carbons (Fsp3) is 0.900. The molecule has 3 N–H and O–H groups in total. The Hall–Kier alpha value is -0.770. The van der Waals surface area contributed by atoms with E-state index in [-0.39, 0.29) is 18.2 Å². The molecule has 2 atom stereocenters. The lowest BCUT2D eigenvalue weighted by Crippen LogP contribution is -2.39. The van der Waals surface area contributed by atoms with Crippen LogP contribution in [0.4, 0.5) is 4.79 Å². The summed E-state index contributed by atoms with van der Waals surface area (Å²) in [7, 11) is 0. The van der Waals surface area contributed by atoms with Gasteiger partial charge in [-0.15, -0.1) is 0 Å². The molecule has 0 rings (SSSR count). The second-order valence-electron chi connectivity index (χ2n) is 4.76. The van der Waals surface area contributed by atoms with Crippen molar-refractivity contribution in [2.45, 2.75) is 58.7 Å². The Kier molecular flexibility index (Phi) is 4.91. The highest BCUT2D eigenvalue weighted by Gasteiger charge is 2.17. The molecule has 0 saturated heterocycles. The molecule has 0 bridgehead atoms. The molecule has 14 heavy (non-hydrogen) atoms. The Labute approximate surface area is 86.2 Å². The van der Waals surface area contributed by atoms with Crippen LogP contribution in [0, 0.1) is 0 Å². The van der Waals surface area contributed by atoms with Crippen LogP contribution in [0.3, 0.4) is 0 Å². The number of hydrogen-bond acceptors (Lipinski definition) is 3. The van der Waals surface area contributed by atoms with E-state index in [0.29, 0.717) is 0 Å². The molecule has 0 saturated carbocycles. The van der Waals surface area contributed by atoms with E-state index in [1.54, 1.807) is 0 Å². The summed E-state index contributed by atoms with van der Waals surface area (Å²) >= 11 is 0. The van der Waals surface area contributed by atoms with Crippen molar-refractivity contribution in [3.05, 3.63) is 0 Å². The van der Waals surface area contributed by atoms with Gasteiger partial charge in [0.1, 0.15) is 5.60 Å². The van der Waals surface area contributed by atoms with Crippen LogP contribution >= 0.6 is 0 Å². The number of alkyl carbamates (subject to hydrolysis) is 1. The number of amides is 1. The normalized spacial score (nSPS) is 15.9.